The van der Waals surface area contributed by atoms with E-state index in [0.29, 0.717) is 54.9 Å². The maximum absolute atomic E-state index is 12.9. The van der Waals surface area contributed by atoms with Crippen molar-refractivity contribution in [2.75, 3.05) is 44.9 Å². The molecule has 2 amide bonds. The van der Waals surface area contributed by atoms with Gasteiger partial charge in [0.05, 0.1) is 6.04 Å². The van der Waals surface area contributed by atoms with Crippen molar-refractivity contribution in [3.05, 3.63) is 42.5 Å². The Morgan fingerprint density at radius 1 is 0.938 bits per heavy atom. The van der Waals surface area contributed by atoms with Crippen molar-refractivity contribution in [1.82, 2.24) is 9.80 Å². The van der Waals surface area contributed by atoms with Gasteiger partial charge in [0.1, 0.15) is 6.61 Å². The van der Waals surface area contributed by atoms with Gasteiger partial charge in [-0.1, -0.05) is 12.1 Å². The Morgan fingerprint density at radius 2 is 1.66 bits per heavy atom. The van der Waals surface area contributed by atoms with Gasteiger partial charge in [0.25, 0.3) is 5.91 Å². The average Bonchev–Trinajstić information content (AvgIpc) is 3.31. The van der Waals surface area contributed by atoms with Gasteiger partial charge in [0.15, 0.2) is 23.0 Å². The predicted molar refractivity (Wildman–Crippen MR) is 115 cm³/mol. The highest BCUT2D eigenvalue weighted by Gasteiger charge is 2.34. The van der Waals surface area contributed by atoms with E-state index in [0.717, 1.165) is 0 Å². The summed E-state index contributed by atoms with van der Waals surface area (Å²) in [5.41, 5.74) is 0.662. The van der Waals surface area contributed by atoms with E-state index >= 15 is 0 Å². The zero-order valence-corrected chi connectivity index (χ0v) is 17.8. The zero-order chi connectivity index (χ0) is 22.1. The first-order valence-electron chi connectivity index (χ1n) is 10.7. The number of rotatable bonds is 4. The summed E-state index contributed by atoms with van der Waals surface area (Å²) in [6, 6.07) is 12.3. The molecule has 168 valence electrons. The molecule has 0 spiro atoms. The summed E-state index contributed by atoms with van der Waals surface area (Å²) in [5.74, 6) is 2.35. The molecule has 2 atom stereocenters. The van der Waals surface area contributed by atoms with Crippen LogP contribution >= 0.6 is 0 Å². The van der Waals surface area contributed by atoms with E-state index in [1.54, 1.807) is 29.2 Å². The van der Waals surface area contributed by atoms with Crippen LogP contribution in [0.25, 0.3) is 0 Å². The molecule has 0 unspecified atom stereocenters. The summed E-state index contributed by atoms with van der Waals surface area (Å²) in [5, 5.41) is 2.93. The topological polar surface area (TPSA) is 89.6 Å². The lowest BCUT2D eigenvalue weighted by Gasteiger charge is -2.39. The highest BCUT2D eigenvalue weighted by atomic mass is 16.7. The molecule has 1 saturated heterocycles. The minimum atomic E-state index is -0.650. The molecule has 2 aromatic rings. The van der Waals surface area contributed by atoms with Gasteiger partial charge in [-0.05, 0) is 31.2 Å². The summed E-state index contributed by atoms with van der Waals surface area (Å²) in [6.45, 7) is 4.52. The number of hydrogen-bond donors (Lipinski definition) is 1. The van der Waals surface area contributed by atoms with Crippen LogP contribution in [-0.2, 0) is 9.59 Å². The van der Waals surface area contributed by atoms with E-state index in [9.17, 15) is 9.59 Å². The molecule has 0 saturated carbocycles. The number of ether oxygens (including phenoxy) is 4. The molecule has 3 aliphatic rings. The van der Waals surface area contributed by atoms with Crippen molar-refractivity contribution in [1.29, 1.82) is 0 Å². The lowest BCUT2D eigenvalue weighted by atomic mass is 10.2. The average molecular weight is 439 g/mol. The molecule has 1 fully saturated rings. The van der Waals surface area contributed by atoms with Crippen LogP contribution < -0.4 is 24.3 Å². The van der Waals surface area contributed by atoms with Crippen LogP contribution in [0.2, 0.25) is 0 Å². The van der Waals surface area contributed by atoms with Gasteiger partial charge >= 0.3 is 0 Å². The second-order valence-electron chi connectivity index (χ2n) is 7.96. The van der Waals surface area contributed by atoms with E-state index in [1.807, 2.05) is 25.1 Å². The minimum absolute atomic E-state index is 0.0865. The van der Waals surface area contributed by atoms with Crippen molar-refractivity contribution < 1.29 is 28.5 Å². The fourth-order valence-corrected chi connectivity index (χ4v) is 4.06. The van der Waals surface area contributed by atoms with Crippen LogP contribution in [0, 0.1) is 0 Å². The molecule has 2 aromatic carbocycles. The molecule has 3 heterocycles. The number of benzene rings is 2. The highest BCUT2D eigenvalue weighted by molar-refractivity contribution is 5.95. The summed E-state index contributed by atoms with van der Waals surface area (Å²) in [7, 11) is 0. The van der Waals surface area contributed by atoms with Crippen LogP contribution in [0.3, 0.4) is 0 Å². The van der Waals surface area contributed by atoms with Crippen molar-refractivity contribution >= 4 is 17.5 Å². The maximum atomic E-state index is 12.9. The third-order valence-electron chi connectivity index (χ3n) is 5.98. The summed E-state index contributed by atoms with van der Waals surface area (Å²) < 4.78 is 22.2. The van der Waals surface area contributed by atoms with Crippen molar-refractivity contribution in [3.63, 3.8) is 0 Å². The van der Waals surface area contributed by atoms with Crippen LogP contribution in [0.1, 0.15) is 6.92 Å². The van der Waals surface area contributed by atoms with Crippen molar-refractivity contribution in [3.8, 4) is 23.0 Å². The van der Waals surface area contributed by atoms with Crippen LogP contribution in [0.5, 0.6) is 23.0 Å². The second kappa shape index (κ2) is 8.58. The van der Waals surface area contributed by atoms with Gasteiger partial charge in [-0.15, -0.1) is 0 Å². The normalized spacial score (nSPS) is 20.5. The van der Waals surface area contributed by atoms with E-state index in [4.69, 9.17) is 18.9 Å². The van der Waals surface area contributed by atoms with Gasteiger partial charge in [0.2, 0.25) is 18.8 Å². The second-order valence-corrected chi connectivity index (χ2v) is 7.96. The number of carbonyl (C=O) groups excluding carboxylic acids is 2. The molecule has 1 N–H and O–H groups in total. The monoisotopic (exact) mass is 439 g/mol. The van der Waals surface area contributed by atoms with E-state index in [1.165, 1.54) is 0 Å². The molecule has 0 bridgehead atoms. The fraction of sp³-hybridized carbons (Fsp3) is 0.391. The Bertz CT molecular complexity index is 1020. The molecule has 9 nitrogen and oxygen atoms in total. The smallest absolute Gasteiger partial charge is 0.267 e. The van der Waals surface area contributed by atoms with E-state index in [2.05, 4.69) is 10.2 Å². The maximum Gasteiger partial charge on any atom is 0.267 e. The first-order valence-corrected chi connectivity index (χ1v) is 10.7. The van der Waals surface area contributed by atoms with Gasteiger partial charge in [-0.3, -0.25) is 14.5 Å². The number of nitrogens with zero attached hydrogens (tertiary/aromatic N) is 2. The van der Waals surface area contributed by atoms with Gasteiger partial charge in [-0.25, -0.2) is 0 Å². The first-order chi connectivity index (χ1) is 15.6. The van der Waals surface area contributed by atoms with E-state index < -0.39 is 6.10 Å². The number of anilines is 1. The molecule has 9 heteroatoms. The Kier molecular flexibility index (Phi) is 5.48. The van der Waals surface area contributed by atoms with Crippen LogP contribution in [-0.4, -0.2) is 73.3 Å². The quantitative estimate of drug-likeness (QED) is 0.776. The highest BCUT2D eigenvalue weighted by Crippen LogP contribution is 2.34. The summed E-state index contributed by atoms with van der Waals surface area (Å²) in [4.78, 5) is 29.5. The standard InChI is InChI=1S/C23H25N3O6/c1-15(22(27)24-16-6-7-18-20(12-16)31-14-30-18)25-8-10-26(11-9-25)23(28)21-13-29-17-4-2-3-5-19(17)32-21/h2-7,12,15,21H,8-11,13-14H2,1H3,(H,24,27)/t15-,21+/m1/s1. The third kappa shape index (κ3) is 4.03. The van der Waals surface area contributed by atoms with E-state index in [-0.39, 0.29) is 31.3 Å². The number of hydrogen-bond acceptors (Lipinski definition) is 7. The molecule has 32 heavy (non-hydrogen) atoms. The summed E-state index contributed by atoms with van der Waals surface area (Å²) in [6.07, 6.45) is -0.650. The van der Waals surface area contributed by atoms with Crippen molar-refractivity contribution in [2.24, 2.45) is 0 Å². The lowest BCUT2D eigenvalue weighted by Crippen LogP contribution is -2.57. The van der Waals surface area contributed by atoms with Crippen LogP contribution in [0.15, 0.2) is 42.5 Å². The minimum Gasteiger partial charge on any atom is -0.485 e. The number of nitrogens with one attached hydrogen (secondary N) is 1. The lowest BCUT2D eigenvalue weighted by molar-refractivity contribution is -0.143. The molecule has 0 aliphatic carbocycles. The Balaban J connectivity index is 1.13. The zero-order valence-electron chi connectivity index (χ0n) is 17.8. The predicted octanol–water partition coefficient (Wildman–Crippen LogP) is 1.73. The van der Waals surface area contributed by atoms with Gasteiger partial charge in [0, 0.05) is 37.9 Å². The van der Waals surface area contributed by atoms with Gasteiger partial charge in [-0.2, -0.15) is 0 Å². The number of piperazine rings is 1. The molecule has 0 radical (unpaired) electrons. The molecule has 0 aromatic heterocycles. The number of amides is 2. The number of fused-ring (bicyclic) bond motifs is 2. The Hall–Kier alpha value is -3.46. The largest absolute Gasteiger partial charge is 0.485 e. The fourth-order valence-electron chi connectivity index (χ4n) is 4.06. The SMILES string of the molecule is C[C@H](C(=O)Nc1ccc2c(c1)OCO2)N1CCN(C(=O)[C@@H]2COc3ccccc3O2)CC1. The summed E-state index contributed by atoms with van der Waals surface area (Å²) >= 11 is 0. The van der Waals surface area contributed by atoms with Gasteiger partial charge < -0.3 is 29.2 Å². The van der Waals surface area contributed by atoms with Crippen LogP contribution in [0.4, 0.5) is 5.69 Å². The molecular formula is C23H25N3O6. The third-order valence-corrected chi connectivity index (χ3v) is 5.98. The first kappa shape index (κ1) is 20.4. The molecule has 3 aliphatic heterocycles. The Labute approximate surface area is 185 Å². The number of carbonyl (C=O) groups is 2. The molecular weight excluding hydrogens is 414 g/mol. The van der Waals surface area contributed by atoms with Crippen molar-refractivity contribution in [2.45, 2.75) is 19.1 Å². The molecule has 5 rings (SSSR count). The Morgan fingerprint density at radius 3 is 2.47 bits per heavy atom. The number of para-hydroxylation sites is 2.